The van der Waals surface area contributed by atoms with Crippen LogP contribution in [0.2, 0.25) is 0 Å². The molecule has 5 heteroatoms. The highest BCUT2D eigenvalue weighted by atomic mass is 16.5. The van der Waals surface area contributed by atoms with Crippen molar-refractivity contribution < 1.29 is 14.3 Å². The highest BCUT2D eigenvalue weighted by Crippen LogP contribution is 2.17. The van der Waals surface area contributed by atoms with Gasteiger partial charge in [0.2, 0.25) is 0 Å². The Bertz CT molecular complexity index is 772. The maximum Gasteiger partial charge on any atom is 0.277 e. The van der Waals surface area contributed by atoms with Crippen molar-refractivity contribution in [2.75, 3.05) is 13.2 Å². The van der Waals surface area contributed by atoms with Crippen molar-refractivity contribution in [2.45, 2.75) is 58.8 Å². The summed E-state index contributed by atoms with van der Waals surface area (Å²) in [4.78, 5) is 12.0. The molecule has 0 heterocycles. The second-order valence-electron chi connectivity index (χ2n) is 7.28. The third kappa shape index (κ3) is 9.12. The smallest absolute Gasteiger partial charge is 0.277 e. The summed E-state index contributed by atoms with van der Waals surface area (Å²) in [6.45, 7) is 4.97. The van der Waals surface area contributed by atoms with Gasteiger partial charge in [0.1, 0.15) is 11.5 Å². The van der Waals surface area contributed by atoms with E-state index < -0.39 is 0 Å². The van der Waals surface area contributed by atoms with E-state index in [1.165, 1.54) is 37.7 Å². The largest absolute Gasteiger partial charge is 0.493 e. The van der Waals surface area contributed by atoms with Crippen LogP contribution in [0.15, 0.2) is 53.6 Å². The normalized spacial score (nSPS) is 10.9. The van der Waals surface area contributed by atoms with Gasteiger partial charge in [-0.2, -0.15) is 5.10 Å². The molecule has 1 amide bonds. The molecule has 2 aromatic carbocycles. The van der Waals surface area contributed by atoms with Gasteiger partial charge in [-0.1, -0.05) is 63.8 Å². The van der Waals surface area contributed by atoms with Gasteiger partial charge in [0.25, 0.3) is 5.91 Å². The average Bonchev–Trinajstić information content (AvgIpc) is 2.78. The number of benzene rings is 2. The Morgan fingerprint density at radius 2 is 1.70 bits per heavy atom. The van der Waals surface area contributed by atoms with Crippen molar-refractivity contribution in [3.05, 3.63) is 59.7 Å². The lowest BCUT2D eigenvalue weighted by Crippen LogP contribution is -2.24. The topological polar surface area (TPSA) is 59.9 Å². The molecule has 0 aliphatic rings. The number of para-hydroxylation sites is 1. The van der Waals surface area contributed by atoms with Crippen molar-refractivity contribution >= 4 is 12.1 Å². The summed E-state index contributed by atoms with van der Waals surface area (Å²) < 4.78 is 11.4. The van der Waals surface area contributed by atoms with Crippen LogP contribution in [0.25, 0.3) is 0 Å². The molecule has 0 radical (unpaired) electrons. The molecule has 0 bridgehead atoms. The summed E-state index contributed by atoms with van der Waals surface area (Å²) in [5, 5.41) is 4.04. The number of unbranched alkanes of at least 4 members (excludes halogenated alkanes) is 4. The number of hydrazone groups is 1. The van der Waals surface area contributed by atoms with Gasteiger partial charge in [0.15, 0.2) is 6.61 Å². The minimum atomic E-state index is -0.306. The van der Waals surface area contributed by atoms with Crippen molar-refractivity contribution in [3.8, 4) is 11.5 Å². The van der Waals surface area contributed by atoms with Crippen molar-refractivity contribution in [3.63, 3.8) is 0 Å². The number of carbonyl (C=O) groups is 1. The number of hydrogen-bond acceptors (Lipinski definition) is 4. The first-order valence-corrected chi connectivity index (χ1v) is 11.0. The first-order chi connectivity index (χ1) is 14.7. The lowest BCUT2D eigenvalue weighted by Gasteiger charge is -2.09. The molecule has 30 heavy (non-hydrogen) atoms. The number of aryl methyl sites for hydroxylation is 1. The lowest BCUT2D eigenvalue weighted by atomic mass is 10.1. The van der Waals surface area contributed by atoms with Gasteiger partial charge in [-0.25, -0.2) is 5.43 Å². The summed E-state index contributed by atoms with van der Waals surface area (Å²) >= 11 is 0. The van der Waals surface area contributed by atoms with Crippen LogP contribution in [0, 0.1) is 0 Å². The number of nitrogens with one attached hydrogen (secondary N) is 1. The Balaban J connectivity index is 1.75. The predicted octanol–water partition coefficient (Wildman–Crippen LogP) is 5.52. The first-order valence-electron chi connectivity index (χ1n) is 11.0. The molecular weight excluding hydrogens is 376 g/mol. The Morgan fingerprint density at radius 3 is 2.47 bits per heavy atom. The second-order valence-corrected chi connectivity index (χ2v) is 7.28. The molecule has 1 N–H and O–H groups in total. The van der Waals surface area contributed by atoms with Gasteiger partial charge >= 0.3 is 0 Å². The van der Waals surface area contributed by atoms with Crippen LogP contribution in [0.1, 0.15) is 63.5 Å². The molecule has 5 nitrogen and oxygen atoms in total. The van der Waals surface area contributed by atoms with E-state index in [2.05, 4.69) is 24.4 Å². The predicted molar refractivity (Wildman–Crippen MR) is 122 cm³/mol. The fourth-order valence-electron chi connectivity index (χ4n) is 2.92. The second kappa shape index (κ2) is 14.2. The van der Waals surface area contributed by atoms with Crippen molar-refractivity contribution in [1.29, 1.82) is 0 Å². The van der Waals surface area contributed by atoms with Crippen LogP contribution in [-0.4, -0.2) is 25.3 Å². The molecule has 0 saturated heterocycles. The number of nitrogens with zero attached hydrogens (tertiary/aromatic N) is 1. The van der Waals surface area contributed by atoms with Crippen LogP contribution in [0.4, 0.5) is 0 Å². The minimum Gasteiger partial charge on any atom is -0.493 e. The molecule has 0 fully saturated rings. The van der Waals surface area contributed by atoms with Crippen LogP contribution in [-0.2, 0) is 11.2 Å². The summed E-state index contributed by atoms with van der Waals surface area (Å²) in [5.41, 5.74) is 4.61. The van der Waals surface area contributed by atoms with E-state index in [1.54, 1.807) is 6.21 Å². The lowest BCUT2D eigenvalue weighted by molar-refractivity contribution is -0.123. The Morgan fingerprint density at radius 1 is 0.933 bits per heavy atom. The fourth-order valence-corrected chi connectivity index (χ4v) is 2.92. The molecule has 162 valence electrons. The van der Waals surface area contributed by atoms with Gasteiger partial charge in [0.05, 0.1) is 12.8 Å². The molecule has 2 aromatic rings. The Hall–Kier alpha value is -2.82. The third-order valence-corrected chi connectivity index (χ3v) is 4.68. The van der Waals surface area contributed by atoms with E-state index in [4.69, 9.17) is 9.47 Å². The SMILES string of the molecule is CCCCCCOc1ccccc1/C=N\NC(=O)COc1ccc(CCCC)cc1. The van der Waals surface area contributed by atoms with E-state index in [0.717, 1.165) is 24.2 Å². The van der Waals surface area contributed by atoms with E-state index >= 15 is 0 Å². The van der Waals surface area contributed by atoms with Crippen LogP contribution >= 0.6 is 0 Å². The summed E-state index contributed by atoms with van der Waals surface area (Å²) in [5.74, 6) is 1.14. The van der Waals surface area contributed by atoms with Crippen molar-refractivity contribution in [1.82, 2.24) is 5.43 Å². The standard InChI is InChI=1S/C25H34N2O3/c1-3-5-7-10-18-29-24-13-9-8-12-22(24)19-26-27-25(28)20-30-23-16-14-21(15-17-23)11-6-4-2/h8-9,12-17,19H,3-7,10-11,18,20H2,1-2H3,(H,27,28)/b26-19-. The number of carbonyl (C=O) groups excluding carboxylic acids is 1. The third-order valence-electron chi connectivity index (χ3n) is 4.68. The first kappa shape index (κ1) is 23.5. The quantitative estimate of drug-likeness (QED) is 0.253. The van der Waals surface area contributed by atoms with Gasteiger partial charge in [0, 0.05) is 5.56 Å². The zero-order valence-electron chi connectivity index (χ0n) is 18.2. The fraction of sp³-hybridized carbons (Fsp3) is 0.440. The van der Waals surface area contributed by atoms with Crippen LogP contribution in [0.3, 0.4) is 0 Å². The molecule has 0 aliphatic carbocycles. The van der Waals surface area contributed by atoms with Gasteiger partial charge in [-0.05, 0) is 49.1 Å². The molecule has 0 aliphatic heterocycles. The number of hydrogen-bond donors (Lipinski definition) is 1. The summed E-state index contributed by atoms with van der Waals surface area (Å²) in [7, 11) is 0. The van der Waals surface area contributed by atoms with E-state index in [-0.39, 0.29) is 12.5 Å². The maximum absolute atomic E-state index is 12.0. The number of amides is 1. The Labute approximate surface area is 180 Å². The zero-order chi connectivity index (χ0) is 21.4. The minimum absolute atomic E-state index is 0.0821. The highest BCUT2D eigenvalue weighted by molar-refractivity contribution is 5.85. The van der Waals surface area contributed by atoms with Gasteiger partial charge < -0.3 is 9.47 Å². The molecular formula is C25H34N2O3. The van der Waals surface area contributed by atoms with Crippen molar-refractivity contribution in [2.24, 2.45) is 5.10 Å². The summed E-state index contributed by atoms with van der Waals surface area (Å²) in [6, 6.07) is 15.6. The van der Waals surface area contributed by atoms with Gasteiger partial charge in [-0.15, -0.1) is 0 Å². The van der Waals surface area contributed by atoms with E-state index in [1.807, 2.05) is 48.5 Å². The van der Waals surface area contributed by atoms with Gasteiger partial charge in [-0.3, -0.25) is 4.79 Å². The Kier molecular flexibility index (Phi) is 11.1. The number of rotatable bonds is 14. The molecule has 0 saturated carbocycles. The molecule has 0 atom stereocenters. The average molecular weight is 411 g/mol. The van der Waals surface area contributed by atoms with E-state index in [0.29, 0.717) is 12.4 Å². The molecule has 0 unspecified atom stereocenters. The zero-order valence-corrected chi connectivity index (χ0v) is 18.2. The number of ether oxygens (including phenoxy) is 2. The maximum atomic E-state index is 12.0. The molecule has 0 spiro atoms. The van der Waals surface area contributed by atoms with Crippen LogP contribution in [0.5, 0.6) is 11.5 Å². The van der Waals surface area contributed by atoms with E-state index in [9.17, 15) is 4.79 Å². The highest BCUT2D eigenvalue weighted by Gasteiger charge is 2.03. The molecule has 2 rings (SSSR count). The van der Waals surface area contributed by atoms with Crippen LogP contribution < -0.4 is 14.9 Å². The monoisotopic (exact) mass is 410 g/mol. The molecule has 0 aromatic heterocycles. The summed E-state index contributed by atoms with van der Waals surface area (Å²) in [6.07, 6.45) is 9.65.